The molecule has 3 aromatic heterocycles. The highest BCUT2D eigenvalue weighted by Crippen LogP contribution is 2.42. The highest BCUT2D eigenvalue weighted by atomic mass is 16.3. The van der Waals surface area contributed by atoms with Gasteiger partial charge in [0.2, 0.25) is 0 Å². The van der Waals surface area contributed by atoms with E-state index >= 15 is 0 Å². The summed E-state index contributed by atoms with van der Waals surface area (Å²) in [5, 5.41) is 9.58. The Hall–Kier alpha value is -7.89. The van der Waals surface area contributed by atoms with Gasteiger partial charge in [0, 0.05) is 43.9 Å². The lowest BCUT2D eigenvalue weighted by atomic mass is 10.00. The summed E-state index contributed by atoms with van der Waals surface area (Å²) in [6, 6.07) is 68.0. The van der Waals surface area contributed by atoms with Crippen molar-refractivity contribution >= 4 is 65.3 Å². The first-order valence-electron chi connectivity index (χ1n) is 19.5. The van der Waals surface area contributed by atoms with Gasteiger partial charge in [-0.2, -0.15) is 0 Å². The molecule has 0 aliphatic carbocycles. The van der Waals surface area contributed by atoms with E-state index in [1.54, 1.807) is 0 Å². The van der Waals surface area contributed by atoms with Crippen LogP contribution in [0.1, 0.15) is 0 Å². The summed E-state index contributed by atoms with van der Waals surface area (Å²) < 4.78 is 8.99. The minimum Gasteiger partial charge on any atom is -0.456 e. The average Bonchev–Trinajstić information content (AvgIpc) is 3.85. The molecule has 0 spiro atoms. The van der Waals surface area contributed by atoms with E-state index in [0.717, 1.165) is 55.4 Å². The van der Waals surface area contributed by atoms with Crippen molar-refractivity contribution in [2.75, 3.05) is 0 Å². The predicted molar refractivity (Wildman–Crippen MR) is 238 cm³/mol. The van der Waals surface area contributed by atoms with Gasteiger partial charge >= 0.3 is 0 Å². The Morgan fingerprint density at radius 2 is 0.897 bits per heavy atom. The second kappa shape index (κ2) is 12.8. The van der Waals surface area contributed by atoms with Crippen molar-refractivity contribution in [3.8, 4) is 51.0 Å². The van der Waals surface area contributed by atoms with E-state index < -0.39 is 0 Å². The maximum atomic E-state index is 6.58. The molecule has 0 bridgehead atoms. The SMILES string of the molecule is c1ccc(-c2nc(-c3ccccc3)nc(-c3cccc4oc5cc(-c6ccc(-n7c8ccc9ccccc9c8c8c9ccccc9ccc87)cc6)ccc5c34)n2)cc1. The van der Waals surface area contributed by atoms with Crippen molar-refractivity contribution in [1.29, 1.82) is 0 Å². The van der Waals surface area contributed by atoms with Crippen LogP contribution in [0, 0.1) is 0 Å². The maximum Gasteiger partial charge on any atom is 0.164 e. The van der Waals surface area contributed by atoms with Crippen LogP contribution in [0.5, 0.6) is 0 Å². The number of nitrogens with zero attached hydrogens (tertiary/aromatic N) is 4. The molecule has 0 amide bonds. The molecule has 0 saturated heterocycles. The number of hydrogen-bond donors (Lipinski definition) is 0. The number of rotatable bonds is 5. The number of fused-ring (bicyclic) bond motifs is 10. The molecule has 0 radical (unpaired) electrons. The Kier molecular flexibility index (Phi) is 7.16. The molecule has 3 heterocycles. The summed E-state index contributed by atoms with van der Waals surface area (Å²) in [7, 11) is 0. The molecular formula is C53H32N4O. The molecule has 9 aromatic carbocycles. The van der Waals surface area contributed by atoms with Gasteiger partial charge in [0.1, 0.15) is 11.2 Å². The van der Waals surface area contributed by atoms with E-state index in [1.165, 1.54) is 43.4 Å². The summed E-state index contributed by atoms with van der Waals surface area (Å²) in [6.07, 6.45) is 0. The summed E-state index contributed by atoms with van der Waals surface area (Å²) in [5.41, 5.74) is 10.1. The van der Waals surface area contributed by atoms with Gasteiger partial charge in [0.25, 0.3) is 0 Å². The quantitative estimate of drug-likeness (QED) is 0.176. The van der Waals surface area contributed by atoms with Crippen LogP contribution in [0.15, 0.2) is 199 Å². The molecule has 0 N–H and O–H groups in total. The molecule has 58 heavy (non-hydrogen) atoms. The molecule has 0 fully saturated rings. The lowest BCUT2D eigenvalue weighted by Gasteiger charge is -2.10. The molecule has 5 nitrogen and oxygen atoms in total. The van der Waals surface area contributed by atoms with E-state index in [0.29, 0.717) is 17.5 Å². The molecule has 12 rings (SSSR count). The van der Waals surface area contributed by atoms with E-state index in [2.05, 4.69) is 126 Å². The van der Waals surface area contributed by atoms with Crippen molar-refractivity contribution < 1.29 is 4.42 Å². The Labute approximate surface area is 333 Å². The summed E-state index contributed by atoms with van der Waals surface area (Å²) >= 11 is 0. The lowest BCUT2D eigenvalue weighted by Crippen LogP contribution is -2.00. The molecule has 5 heteroatoms. The van der Waals surface area contributed by atoms with Crippen LogP contribution in [-0.4, -0.2) is 19.5 Å². The summed E-state index contributed by atoms with van der Waals surface area (Å²) in [6.45, 7) is 0. The highest BCUT2D eigenvalue weighted by molar-refractivity contribution is 6.28. The average molecular weight is 741 g/mol. The van der Waals surface area contributed by atoms with Gasteiger partial charge in [0.15, 0.2) is 17.5 Å². The maximum absolute atomic E-state index is 6.58. The van der Waals surface area contributed by atoms with Gasteiger partial charge in [-0.25, -0.2) is 15.0 Å². The zero-order chi connectivity index (χ0) is 38.2. The van der Waals surface area contributed by atoms with Gasteiger partial charge < -0.3 is 8.98 Å². The van der Waals surface area contributed by atoms with Crippen LogP contribution in [0.4, 0.5) is 0 Å². The molecule has 0 saturated carbocycles. The van der Waals surface area contributed by atoms with E-state index in [-0.39, 0.29) is 0 Å². The van der Waals surface area contributed by atoms with Gasteiger partial charge in [-0.05, 0) is 75.1 Å². The van der Waals surface area contributed by atoms with Crippen molar-refractivity contribution in [3.63, 3.8) is 0 Å². The van der Waals surface area contributed by atoms with Crippen molar-refractivity contribution in [1.82, 2.24) is 19.5 Å². The molecule has 0 atom stereocenters. The molecule has 0 aliphatic heterocycles. The first-order chi connectivity index (χ1) is 28.7. The monoisotopic (exact) mass is 740 g/mol. The lowest BCUT2D eigenvalue weighted by molar-refractivity contribution is 0.669. The van der Waals surface area contributed by atoms with Crippen LogP contribution >= 0.6 is 0 Å². The number of furan rings is 1. The molecule has 12 aromatic rings. The Balaban J connectivity index is 0.972. The fourth-order valence-corrected chi connectivity index (χ4v) is 8.75. The fraction of sp³-hybridized carbons (Fsp3) is 0. The first kappa shape index (κ1) is 32.4. The predicted octanol–water partition coefficient (Wildman–Crippen LogP) is 13.8. The number of benzene rings is 9. The second-order valence-corrected chi connectivity index (χ2v) is 14.8. The van der Waals surface area contributed by atoms with Crippen LogP contribution in [0.25, 0.3) is 116 Å². The first-order valence-corrected chi connectivity index (χ1v) is 19.5. The second-order valence-electron chi connectivity index (χ2n) is 14.8. The Morgan fingerprint density at radius 3 is 1.52 bits per heavy atom. The minimum absolute atomic E-state index is 0.603. The Morgan fingerprint density at radius 1 is 0.345 bits per heavy atom. The van der Waals surface area contributed by atoms with Gasteiger partial charge in [-0.1, -0.05) is 152 Å². The van der Waals surface area contributed by atoms with Gasteiger partial charge in [-0.3, -0.25) is 0 Å². The standard InChI is InChI=1S/C53H32N4O/c1-3-14-36(15-4-1)51-54-52(37-16-5-2-6-17-37)56-53(55-51)43-20-11-21-46-48(43)42-29-24-38(32-47(42)58-46)33-22-27-39(28-23-33)57-44-30-25-34-12-7-9-18-40(34)49(44)50-41-19-10-8-13-35(41)26-31-45(50)57/h1-32H. The third kappa shape index (κ3) is 5.07. The van der Waals surface area contributed by atoms with Gasteiger partial charge in [-0.15, -0.1) is 0 Å². The fourth-order valence-electron chi connectivity index (χ4n) is 8.75. The molecule has 270 valence electrons. The van der Waals surface area contributed by atoms with Crippen LogP contribution in [0.2, 0.25) is 0 Å². The largest absolute Gasteiger partial charge is 0.456 e. The molecular weight excluding hydrogens is 709 g/mol. The molecule has 0 unspecified atom stereocenters. The van der Waals surface area contributed by atoms with Crippen molar-refractivity contribution in [3.05, 3.63) is 194 Å². The minimum atomic E-state index is 0.603. The van der Waals surface area contributed by atoms with Crippen LogP contribution < -0.4 is 0 Å². The highest BCUT2D eigenvalue weighted by Gasteiger charge is 2.20. The molecule has 0 aliphatic rings. The number of aromatic nitrogens is 4. The summed E-state index contributed by atoms with van der Waals surface area (Å²) in [5.74, 6) is 1.86. The zero-order valence-electron chi connectivity index (χ0n) is 31.2. The van der Waals surface area contributed by atoms with Crippen molar-refractivity contribution in [2.45, 2.75) is 0 Å². The smallest absolute Gasteiger partial charge is 0.164 e. The third-order valence-electron chi connectivity index (χ3n) is 11.4. The third-order valence-corrected chi connectivity index (χ3v) is 11.4. The van der Waals surface area contributed by atoms with Crippen LogP contribution in [-0.2, 0) is 0 Å². The zero-order valence-corrected chi connectivity index (χ0v) is 31.2. The Bertz CT molecular complexity index is 3400. The van der Waals surface area contributed by atoms with E-state index in [1.807, 2.05) is 72.8 Å². The number of hydrogen-bond acceptors (Lipinski definition) is 4. The van der Waals surface area contributed by atoms with Gasteiger partial charge in [0.05, 0.1) is 11.0 Å². The van der Waals surface area contributed by atoms with E-state index in [4.69, 9.17) is 19.4 Å². The van der Waals surface area contributed by atoms with Crippen molar-refractivity contribution in [2.24, 2.45) is 0 Å². The van der Waals surface area contributed by atoms with E-state index in [9.17, 15) is 0 Å². The topological polar surface area (TPSA) is 56.7 Å². The summed E-state index contributed by atoms with van der Waals surface area (Å²) in [4.78, 5) is 15.0. The normalized spacial score (nSPS) is 11.8. The van der Waals surface area contributed by atoms with Crippen LogP contribution in [0.3, 0.4) is 0 Å².